The third-order valence-electron chi connectivity index (χ3n) is 1.50. The first-order valence-corrected chi connectivity index (χ1v) is 4.63. The third kappa shape index (κ3) is 6.62. The van der Waals surface area contributed by atoms with Crippen LogP contribution in [0.5, 0.6) is 0 Å². The Morgan fingerprint density at radius 3 is 2.71 bits per heavy atom. The highest BCUT2D eigenvalue weighted by Gasteiger charge is 2.07. The smallest absolute Gasteiger partial charge is 0.333 e. The van der Waals surface area contributed by atoms with E-state index in [1.54, 1.807) is 6.92 Å². The number of aliphatic hydroxyl groups is 1. The number of aliphatic hydroxyl groups excluding tert-OH is 1. The van der Waals surface area contributed by atoms with E-state index in [1.165, 1.54) is 0 Å². The first kappa shape index (κ1) is 13.1. The summed E-state index contributed by atoms with van der Waals surface area (Å²) in [5.41, 5.74) is 0.382. The van der Waals surface area contributed by atoms with Gasteiger partial charge in [0.2, 0.25) is 0 Å². The van der Waals surface area contributed by atoms with Crippen molar-refractivity contribution in [1.29, 1.82) is 0 Å². The SMILES string of the molecule is C=C(C)C(=O)OCC(C)OCCCO. The van der Waals surface area contributed by atoms with Crippen molar-refractivity contribution >= 4 is 5.97 Å². The van der Waals surface area contributed by atoms with Gasteiger partial charge in [-0.3, -0.25) is 0 Å². The van der Waals surface area contributed by atoms with Crippen LogP contribution in [0, 0.1) is 0 Å². The van der Waals surface area contributed by atoms with Crippen LogP contribution in [0.3, 0.4) is 0 Å². The van der Waals surface area contributed by atoms with Gasteiger partial charge in [0.25, 0.3) is 0 Å². The van der Waals surface area contributed by atoms with Crippen molar-refractivity contribution in [2.75, 3.05) is 19.8 Å². The van der Waals surface area contributed by atoms with Gasteiger partial charge in [0.15, 0.2) is 0 Å². The number of carbonyl (C=O) groups is 1. The van der Waals surface area contributed by atoms with Crippen molar-refractivity contribution in [2.45, 2.75) is 26.4 Å². The molecule has 1 atom stereocenters. The quantitative estimate of drug-likeness (QED) is 0.378. The van der Waals surface area contributed by atoms with Crippen molar-refractivity contribution < 1.29 is 19.4 Å². The van der Waals surface area contributed by atoms with Gasteiger partial charge in [0.05, 0.1) is 6.10 Å². The number of hydrogen-bond donors (Lipinski definition) is 1. The van der Waals surface area contributed by atoms with Crippen LogP contribution in [0.4, 0.5) is 0 Å². The third-order valence-corrected chi connectivity index (χ3v) is 1.50. The maximum Gasteiger partial charge on any atom is 0.333 e. The zero-order valence-electron chi connectivity index (χ0n) is 8.78. The summed E-state index contributed by atoms with van der Waals surface area (Å²) in [6.07, 6.45) is 0.448. The van der Waals surface area contributed by atoms with E-state index < -0.39 is 5.97 Å². The van der Waals surface area contributed by atoms with Crippen LogP contribution >= 0.6 is 0 Å². The predicted octanol–water partition coefficient (Wildman–Crippen LogP) is 0.893. The lowest BCUT2D eigenvalue weighted by atomic mass is 10.3. The van der Waals surface area contributed by atoms with E-state index in [1.807, 2.05) is 6.92 Å². The van der Waals surface area contributed by atoms with Crippen molar-refractivity contribution in [2.24, 2.45) is 0 Å². The number of ether oxygens (including phenoxy) is 2. The summed E-state index contributed by atoms with van der Waals surface area (Å²) in [6.45, 7) is 7.67. The zero-order chi connectivity index (χ0) is 11.0. The molecule has 4 heteroatoms. The average Bonchev–Trinajstić information content (AvgIpc) is 2.14. The van der Waals surface area contributed by atoms with Crippen molar-refractivity contribution in [3.8, 4) is 0 Å². The van der Waals surface area contributed by atoms with Gasteiger partial charge in [0, 0.05) is 18.8 Å². The lowest BCUT2D eigenvalue weighted by Gasteiger charge is -2.12. The van der Waals surface area contributed by atoms with E-state index in [4.69, 9.17) is 14.6 Å². The first-order valence-electron chi connectivity index (χ1n) is 4.63. The highest BCUT2D eigenvalue weighted by Crippen LogP contribution is 1.97. The maximum absolute atomic E-state index is 11.0. The normalized spacial score (nSPS) is 12.2. The Hall–Kier alpha value is -0.870. The summed E-state index contributed by atoms with van der Waals surface area (Å²) in [5, 5.41) is 8.49. The molecule has 1 unspecified atom stereocenters. The molecule has 0 aromatic heterocycles. The molecule has 0 spiro atoms. The fourth-order valence-electron chi connectivity index (χ4n) is 0.713. The fraction of sp³-hybridized carbons (Fsp3) is 0.700. The van der Waals surface area contributed by atoms with Crippen LogP contribution in [0.25, 0.3) is 0 Å². The number of rotatable bonds is 7. The summed E-state index contributed by atoms with van der Waals surface area (Å²) < 4.78 is 10.1. The fourth-order valence-corrected chi connectivity index (χ4v) is 0.713. The molecule has 0 heterocycles. The summed E-state index contributed by atoms with van der Waals surface area (Å²) in [6, 6.07) is 0. The minimum atomic E-state index is -0.400. The van der Waals surface area contributed by atoms with Crippen LogP contribution < -0.4 is 0 Å². The minimum absolute atomic E-state index is 0.109. The van der Waals surface area contributed by atoms with E-state index in [9.17, 15) is 4.79 Å². The van der Waals surface area contributed by atoms with Crippen molar-refractivity contribution in [3.63, 3.8) is 0 Å². The molecule has 0 aliphatic rings. The Kier molecular flexibility index (Phi) is 7.06. The Morgan fingerprint density at radius 2 is 2.21 bits per heavy atom. The van der Waals surface area contributed by atoms with E-state index in [-0.39, 0.29) is 19.3 Å². The highest BCUT2D eigenvalue weighted by molar-refractivity contribution is 5.86. The zero-order valence-corrected chi connectivity index (χ0v) is 8.78. The molecule has 0 radical (unpaired) electrons. The van der Waals surface area contributed by atoms with Crippen LogP contribution in [-0.4, -0.2) is 37.0 Å². The van der Waals surface area contributed by atoms with Crippen molar-refractivity contribution in [1.82, 2.24) is 0 Å². The topological polar surface area (TPSA) is 55.8 Å². The molecule has 1 N–H and O–H groups in total. The van der Waals surface area contributed by atoms with Gasteiger partial charge in [-0.2, -0.15) is 0 Å². The molecular weight excluding hydrogens is 184 g/mol. The molecular formula is C10H18O4. The van der Waals surface area contributed by atoms with Crippen LogP contribution in [0.15, 0.2) is 12.2 Å². The van der Waals surface area contributed by atoms with Gasteiger partial charge in [-0.15, -0.1) is 0 Å². The van der Waals surface area contributed by atoms with E-state index in [0.29, 0.717) is 18.6 Å². The Balaban J connectivity index is 3.48. The molecule has 82 valence electrons. The minimum Gasteiger partial charge on any atom is -0.460 e. The van der Waals surface area contributed by atoms with Crippen LogP contribution in [0.1, 0.15) is 20.3 Å². The monoisotopic (exact) mass is 202 g/mol. The summed E-state index contributed by atoms with van der Waals surface area (Å²) in [7, 11) is 0. The molecule has 0 amide bonds. The molecule has 14 heavy (non-hydrogen) atoms. The van der Waals surface area contributed by atoms with E-state index in [0.717, 1.165) is 0 Å². The number of hydrogen-bond acceptors (Lipinski definition) is 4. The lowest BCUT2D eigenvalue weighted by Crippen LogP contribution is -2.20. The van der Waals surface area contributed by atoms with Crippen LogP contribution in [0.2, 0.25) is 0 Å². The molecule has 0 aromatic carbocycles. The van der Waals surface area contributed by atoms with Gasteiger partial charge < -0.3 is 14.6 Å². The molecule has 0 aromatic rings. The number of carbonyl (C=O) groups excluding carboxylic acids is 1. The molecule has 0 fully saturated rings. The van der Waals surface area contributed by atoms with Gasteiger partial charge in [0.1, 0.15) is 6.61 Å². The van der Waals surface area contributed by atoms with Gasteiger partial charge in [-0.05, 0) is 20.3 Å². The summed E-state index contributed by atoms with van der Waals surface area (Å²) in [5.74, 6) is -0.400. The Bertz CT molecular complexity index is 189. The molecule has 0 rings (SSSR count). The van der Waals surface area contributed by atoms with Gasteiger partial charge in [-0.25, -0.2) is 4.79 Å². The predicted molar refractivity (Wildman–Crippen MR) is 52.9 cm³/mol. The van der Waals surface area contributed by atoms with E-state index in [2.05, 4.69) is 6.58 Å². The molecule has 0 saturated carbocycles. The molecule has 0 bridgehead atoms. The Morgan fingerprint density at radius 1 is 1.57 bits per heavy atom. The average molecular weight is 202 g/mol. The maximum atomic E-state index is 11.0. The molecule has 0 aliphatic heterocycles. The molecule has 4 nitrogen and oxygen atoms in total. The summed E-state index contributed by atoms with van der Waals surface area (Å²) in [4.78, 5) is 11.0. The lowest BCUT2D eigenvalue weighted by molar-refractivity contribution is -0.142. The largest absolute Gasteiger partial charge is 0.460 e. The van der Waals surface area contributed by atoms with Gasteiger partial charge in [-0.1, -0.05) is 6.58 Å². The second-order valence-electron chi connectivity index (χ2n) is 3.14. The summed E-state index contributed by atoms with van der Waals surface area (Å²) >= 11 is 0. The molecule has 0 aliphatic carbocycles. The standard InChI is InChI=1S/C10H18O4/c1-8(2)10(12)14-7-9(3)13-6-4-5-11/h9,11H,1,4-7H2,2-3H3. The second kappa shape index (κ2) is 7.53. The first-order chi connectivity index (χ1) is 6.57. The molecule has 0 saturated heterocycles. The van der Waals surface area contributed by atoms with Crippen LogP contribution in [-0.2, 0) is 14.3 Å². The van der Waals surface area contributed by atoms with Crippen molar-refractivity contribution in [3.05, 3.63) is 12.2 Å². The number of esters is 1. The van der Waals surface area contributed by atoms with Gasteiger partial charge >= 0.3 is 5.97 Å². The highest BCUT2D eigenvalue weighted by atomic mass is 16.6. The second-order valence-corrected chi connectivity index (χ2v) is 3.14. The Labute approximate surface area is 84.5 Å². The van der Waals surface area contributed by atoms with E-state index >= 15 is 0 Å².